The summed E-state index contributed by atoms with van der Waals surface area (Å²) in [5, 5.41) is 34.5. The van der Waals surface area contributed by atoms with E-state index in [2.05, 4.69) is 16.5 Å². The number of carbonyl (C=O) groups excluding carboxylic acids is 1. The Morgan fingerprint density at radius 2 is 1.86 bits per heavy atom. The summed E-state index contributed by atoms with van der Waals surface area (Å²) in [4.78, 5) is 12.6. The van der Waals surface area contributed by atoms with Crippen LogP contribution in [-0.2, 0) is 4.79 Å². The number of allylic oxidation sites excluding steroid dienone is 1. The molecule has 3 fully saturated rings. The molecule has 1 aromatic heterocycles. The summed E-state index contributed by atoms with van der Waals surface area (Å²) in [7, 11) is 0. The van der Waals surface area contributed by atoms with Crippen LogP contribution in [0, 0.1) is 27.6 Å². The Morgan fingerprint density at radius 1 is 1.28 bits per heavy atom. The number of nitrogens with two attached hydrogens (primary N) is 1. The van der Waals surface area contributed by atoms with Crippen molar-refractivity contribution in [1.29, 1.82) is 10.7 Å². The van der Waals surface area contributed by atoms with E-state index >= 15 is 0 Å². The normalized spacial score (nSPS) is 23.9. The van der Waals surface area contributed by atoms with Crippen molar-refractivity contribution < 1.29 is 23.1 Å². The number of nitrogens with zero attached hydrogens (tertiary/aromatic N) is 3. The zero-order chi connectivity index (χ0) is 26.6. The first kappa shape index (κ1) is 25.3. The standard InChI is InChI=1S/C25H27F3N6O2/c1-13(2)34-21(31)17(9-29)20(33-34)16-6-4-15(5-7-16)14(3)22(36)32-19(35)8-18(30)23-10-24(11-23,12-23)25(26,27)28/h4-8,13-14,30,35H,10-12,31H2,1-3H3,(H,32,36)/b19-8-,30-18?. The lowest BCUT2D eigenvalue weighted by molar-refractivity contribution is -0.342. The lowest BCUT2D eigenvalue weighted by Gasteiger charge is -2.70. The van der Waals surface area contributed by atoms with Gasteiger partial charge in [-0.15, -0.1) is 0 Å². The number of aliphatic hydroxyl groups is 1. The van der Waals surface area contributed by atoms with Gasteiger partial charge in [0.25, 0.3) is 0 Å². The van der Waals surface area contributed by atoms with Crippen LogP contribution in [0.3, 0.4) is 0 Å². The van der Waals surface area contributed by atoms with Crippen molar-refractivity contribution in [2.75, 3.05) is 5.73 Å². The van der Waals surface area contributed by atoms with Gasteiger partial charge in [0.2, 0.25) is 5.91 Å². The zero-order valence-electron chi connectivity index (χ0n) is 20.1. The maximum atomic E-state index is 13.0. The van der Waals surface area contributed by atoms with Gasteiger partial charge in [0, 0.05) is 28.8 Å². The van der Waals surface area contributed by atoms with Gasteiger partial charge in [0.05, 0.1) is 11.3 Å². The van der Waals surface area contributed by atoms with Gasteiger partial charge in [-0.25, -0.2) is 4.68 Å². The molecule has 1 unspecified atom stereocenters. The van der Waals surface area contributed by atoms with Crippen LogP contribution < -0.4 is 11.1 Å². The molecule has 2 bridgehead atoms. The van der Waals surface area contributed by atoms with Crippen LogP contribution in [0.5, 0.6) is 0 Å². The minimum absolute atomic E-state index is 0.0311. The molecule has 8 nitrogen and oxygen atoms in total. The molecule has 3 aliphatic rings. The van der Waals surface area contributed by atoms with Crippen LogP contribution in [0.4, 0.5) is 19.0 Å². The van der Waals surface area contributed by atoms with Crippen LogP contribution in [0.25, 0.3) is 11.3 Å². The first-order valence-electron chi connectivity index (χ1n) is 11.5. The molecule has 3 aliphatic carbocycles. The molecule has 11 heteroatoms. The summed E-state index contributed by atoms with van der Waals surface area (Å²) in [5.41, 5.74) is 5.35. The molecule has 190 valence electrons. The molecule has 0 radical (unpaired) electrons. The van der Waals surface area contributed by atoms with Gasteiger partial charge in [-0.05, 0) is 45.6 Å². The minimum Gasteiger partial charge on any atom is -0.494 e. The monoisotopic (exact) mass is 500 g/mol. The molecule has 1 atom stereocenters. The fourth-order valence-electron chi connectivity index (χ4n) is 5.17. The average Bonchev–Trinajstić information content (AvgIpc) is 3.06. The molecule has 0 saturated heterocycles. The van der Waals surface area contributed by atoms with Crippen molar-refractivity contribution in [3.63, 3.8) is 0 Å². The summed E-state index contributed by atoms with van der Waals surface area (Å²) >= 11 is 0. The van der Waals surface area contributed by atoms with Gasteiger partial charge in [0.15, 0.2) is 5.88 Å². The summed E-state index contributed by atoms with van der Waals surface area (Å²) in [5.74, 6) is -1.52. The fourth-order valence-corrected chi connectivity index (χ4v) is 5.17. The SMILES string of the molecule is CC(C(=O)N/C(O)=C/C(=N)C12CC(C(F)(F)F)(C1)C2)c1ccc(-c2nn(C(C)C)c(N)c2C#N)cc1. The number of amides is 1. The molecular weight excluding hydrogens is 473 g/mol. The first-order chi connectivity index (χ1) is 16.7. The number of nitrogens with one attached hydrogen (secondary N) is 2. The van der Waals surface area contributed by atoms with E-state index in [-0.39, 0.29) is 42.4 Å². The minimum atomic E-state index is -4.28. The average molecular weight is 501 g/mol. The largest absolute Gasteiger partial charge is 0.494 e. The summed E-state index contributed by atoms with van der Waals surface area (Å²) in [6, 6.07) is 8.89. The molecule has 1 heterocycles. The molecule has 0 aliphatic heterocycles. The lowest BCUT2D eigenvalue weighted by Crippen LogP contribution is -2.70. The van der Waals surface area contributed by atoms with E-state index in [9.17, 15) is 28.3 Å². The van der Waals surface area contributed by atoms with E-state index in [0.29, 0.717) is 16.8 Å². The third-order valence-electron chi connectivity index (χ3n) is 7.36. The highest BCUT2D eigenvalue weighted by Crippen LogP contribution is 2.78. The Hall–Kier alpha value is -3.81. The van der Waals surface area contributed by atoms with E-state index in [4.69, 9.17) is 11.1 Å². The molecule has 3 saturated carbocycles. The molecule has 1 aromatic carbocycles. The number of rotatable bonds is 7. The number of aliphatic hydroxyl groups excluding tert-OH is 1. The number of aromatic nitrogens is 2. The van der Waals surface area contributed by atoms with Crippen molar-refractivity contribution in [2.24, 2.45) is 10.8 Å². The Kier molecular flexibility index (Phi) is 5.90. The number of benzene rings is 1. The molecule has 2 aromatic rings. The van der Waals surface area contributed by atoms with Gasteiger partial charge in [-0.3, -0.25) is 10.1 Å². The van der Waals surface area contributed by atoms with Crippen molar-refractivity contribution >= 4 is 17.4 Å². The number of alkyl halides is 3. The molecule has 5 rings (SSSR count). The van der Waals surface area contributed by atoms with Crippen LogP contribution >= 0.6 is 0 Å². The third kappa shape index (κ3) is 3.90. The van der Waals surface area contributed by atoms with Gasteiger partial charge < -0.3 is 16.2 Å². The van der Waals surface area contributed by atoms with Crippen LogP contribution in [0.1, 0.15) is 63.1 Å². The Morgan fingerprint density at radius 3 is 2.36 bits per heavy atom. The van der Waals surface area contributed by atoms with E-state index < -0.39 is 34.7 Å². The number of halogens is 3. The predicted octanol–water partition coefficient (Wildman–Crippen LogP) is 4.96. The van der Waals surface area contributed by atoms with E-state index in [1.54, 1.807) is 35.9 Å². The number of anilines is 1. The lowest BCUT2D eigenvalue weighted by atomic mass is 9.33. The first-order valence-corrected chi connectivity index (χ1v) is 11.5. The predicted molar refractivity (Wildman–Crippen MR) is 127 cm³/mol. The van der Waals surface area contributed by atoms with Gasteiger partial charge in [0.1, 0.15) is 23.1 Å². The van der Waals surface area contributed by atoms with Gasteiger partial charge >= 0.3 is 6.18 Å². The Balaban J connectivity index is 1.41. The van der Waals surface area contributed by atoms with Gasteiger partial charge in [-0.1, -0.05) is 24.3 Å². The van der Waals surface area contributed by atoms with E-state index in [1.807, 2.05) is 13.8 Å². The Bertz CT molecular complexity index is 1280. The fraction of sp³-hybridized carbons (Fsp3) is 0.440. The number of hydrogen-bond donors (Lipinski definition) is 4. The molecule has 1 amide bonds. The van der Waals surface area contributed by atoms with Crippen molar-refractivity contribution in [1.82, 2.24) is 15.1 Å². The maximum Gasteiger partial charge on any atom is 0.394 e. The van der Waals surface area contributed by atoms with E-state index in [0.717, 1.165) is 6.08 Å². The number of hydrogen-bond acceptors (Lipinski definition) is 6. The van der Waals surface area contributed by atoms with Crippen LogP contribution in [0.15, 0.2) is 36.2 Å². The highest BCUT2D eigenvalue weighted by molar-refractivity contribution is 6.00. The second-order valence-electron chi connectivity index (χ2n) is 10.1. The Labute approximate surface area is 206 Å². The van der Waals surface area contributed by atoms with Crippen molar-refractivity contribution in [3.8, 4) is 17.3 Å². The van der Waals surface area contributed by atoms with Crippen LogP contribution in [-0.4, -0.2) is 32.7 Å². The van der Waals surface area contributed by atoms with E-state index in [1.165, 1.54) is 0 Å². The number of carbonyl (C=O) groups is 1. The highest BCUT2D eigenvalue weighted by Gasteiger charge is 2.79. The molecule has 5 N–H and O–H groups in total. The molecule has 0 spiro atoms. The number of nitrogen functional groups attached to an aromatic ring is 1. The maximum absolute atomic E-state index is 13.0. The third-order valence-corrected chi connectivity index (χ3v) is 7.36. The topological polar surface area (TPSA) is 141 Å². The molecule has 36 heavy (non-hydrogen) atoms. The second kappa shape index (κ2) is 8.40. The summed E-state index contributed by atoms with van der Waals surface area (Å²) in [6.45, 7) is 5.43. The highest BCUT2D eigenvalue weighted by atomic mass is 19.4. The van der Waals surface area contributed by atoms with Crippen LogP contribution in [0.2, 0.25) is 0 Å². The quantitative estimate of drug-likeness (QED) is 0.314. The zero-order valence-corrected chi connectivity index (χ0v) is 20.1. The van der Waals surface area contributed by atoms with Crippen molar-refractivity contribution in [2.45, 2.75) is 58.2 Å². The van der Waals surface area contributed by atoms with Gasteiger partial charge in [-0.2, -0.15) is 23.5 Å². The second-order valence-corrected chi connectivity index (χ2v) is 10.1. The number of nitriles is 1. The van der Waals surface area contributed by atoms with Crippen molar-refractivity contribution in [3.05, 3.63) is 47.4 Å². The summed E-state index contributed by atoms with van der Waals surface area (Å²) < 4.78 is 40.7. The molecular formula is C25H27F3N6O2. The summed E-state index contributed by atoms with van der Waals surface area (Å²) in [6.07, 6.45) is -3.73. The smallest absolute Gasteiger partial charge is 0.394 e.